The predicted octanol–water partition coefficient (Wildman–Crippen LogP) is 0.141. The molecule has 3 N–H and O–H groups in total. The third-order valence-electron chi connectivity index (χ3n) is 4.62. The fraction of sp³-hybridized carbons (Fsp3) is 0.786. The molecule has 0 aliphatic carbocycles. The first-order valence-corrected chi connectivity index (χ1v) is 7.63. The van der Waals surface area contributed by atoms with Gasteiger partial charge in [-0.05, 0) is 26.3 Å². The van der Waals surface area contributed by atoms with E-state index in [1.165, 1.54) is 19.4 Å². The van der Waals surface area contributed by atoms with E-state index in [0.717, 1.165) is 31.9 Å². The Kier molecular flexibility index (Phi) is 4.35. The van der Waals surface area contributed by atoms with Crippen molar-refractivity contribution >= 4 is 0 Å². The highest BCUT2D eigenvalue weighted by atomic mass is 16.5. The molecule has 2 saturated heterocycles. The lowest BCUT2D eigenvalue weighted by molar-refractivity contribution is -0.0647. The maximum atomic E-state index is 6.05. The maximum absolute atomic E-state index is 6.05. The van der Waals surface area contributed by atoms with Gasteiger partial charge in [-0.3, -0.25) is 16.2 Å². The highest BCUT2D eigenvalue weighted by Gasteiger charge is 2.35. The number of imidazole rings is 1. The van der Waals surface area contributed by atoms with Gasteiger partial charge in [-0.2, -0.15) is 0 Å². The molecule has 20 heavy (non-hydrogen) atoms. The van der Waals surface area contributed by atoms with E-state index in [2.05, 4.69) is 26.8 Å². The van der Waals surface area contributed by atoms with Crippen LogP contribution in [-0.2, 0) is 17.7 Å². The number of hydrogen-bond acceptors (Lipinski definition) is 5. The number of ether oxygens (including phenoxy) is 1. The molecular formula is C14H25N5O. The maximum Gasteiger partial charge on any atom is 0.110 e. The lowest BCUT2D eigenvalue weighted by Gasteiger charge is -2.38. The molecule has 0 bridgehead atoms. The van der Waals surface area contributed by atoms with Gasteiger partial charge in [-0.1, -0.05) is 0 Å². The molecule has 0 spiro atoms. The zero-order valence-electron chi connectivity index (χ0n) is 12.2. The lowest BCUT2D eigenvalue weighted by atomic mass is 10.0. The van der Waals surface area contributed by atoms with E-state index in [4.69, 9.17) is 10.6 Å². The molecule has 2 aliphatic rings. The van der Waals surface area contributed by atoms with Gasteiger partial charge in [0.05, 0.1) is 18.8 Å². The molecule has 112 valence electrons. The van der Waals surface area contributed by atoms with Crippen molar-refractivity contribution in [1.82, 2.24) is 19.9 Å². The van der Waals surface area contributed by atoms with Crippen LogP contribution in [-0.4, -0.2) is 52.3 Å². The fourth-order valence-corrected chi connectivity index (χ4v) is 3.40. The largest absolute Gasteiger partial charge is 0.374 e. The van der Waals surface area contributed by atoms with Crippen molar-refractivity contribution < 1.29 is 4.74 Å². The van der Waals surface area contributed by atoms with Crippen LogP contribution in [0, 0.1) is 0 Å². The summed E-state index contributed by atoms with van der Waals surface area (Å²) in [4.78, 5) is 6.98. The van der Waals surface area contributed by atoms with Gasteiger partial charge in [0.2, 0.25) is 0 Å². The molecule has 0 radical (unpaired) electrons. The number of hydrazine groups is 1. The van der Waals surface area contributed by atoms with E-state index < -0.39 is 0 Å². The van der Waals surface area contributed by atoms with Crippen molar-refractivity contribution in [2.24, 2.45) is 5.84 Å². The van der Waals surface area contributed by atoms with Crippen molar-refractivity contribution in [3.8, 4) is 0 Å². The summed E-state index contributed by atoms with van der Waals surface area (Å²) in [5.41, 5.74) is 2.94. The van der Waals surface area contributed by atoms with Crippen LogP contribution in [0.25, 0.3) is 0 Å². The van der Waals surface area contributed by atoms with Crippen LogP contribution in [0.3, 0.4) is 0 Å². The Morgan fingerprint density at radius 3 is 3.30 bits per heavy atom. The monoisotopic (exact) mass is 279 g/mol. The van der Waals surface area contributed by atoms with Gasteiger partial charge >= 0.3 is 0 Å². The van der Waals surface area contributed by atoms with Crippen molar-refractivity contribution in [1.29, 1.82) is 0 Å². The molecule has 6 nitrogen and oxygen atoms in total. The topological polar surface area (TPSA) is 68.3 Å². The summed E-state index contributed by atoms with van der Waals surface area (Å²) in [6, 6.07) is 0.742. The zero-order chi connectivity index (χ0) is 13.9. The van der Waals surface area contributed by atoms with E-state index >= 15 is 0 Å². The standard InChI is InChI=1S/C14H25N5O/c1-2-18-7-5-16-14(18)8-12(17-15)13-9-19-6-3-4-11(19)10-20-13/h5,7,11-13,17H,2-4,6,8-10,15H2,1H3. The van der Waals surface area contributed by atoms with Crippen LogP contribution in [0.1, 0.15) is 25.6 Å². The van der Waals surface area contributed by atoms with Crippen molar-refractivity contribution in [2.45, 2.75) is 50.9 Å². The van der Waals surface area contributed by atoms with Gasteiger partial charge in [0.1, 0.15) is 5.82 Å². The highest BCUT2D eigenvalue weighted by molar-refractivity contribution is 4.99. The third-order valence-corrected chi connectivity index (χ3v) is 4.62. The summed E-state index contributed by atoms with van der Waals surface area (Å²) in [5, 5.41) is 0. The quantitative estimate of drug-likeness (QED) is 0.593. The lowest BCUT2D eigenvalue weighted by Crippen LogP contribution is -2.56. The van der Waals surface area contributed by atoms with Gasteiger partial charge in [-0.15, -0.1) is 0 Å². The molecule has 2 fully saturated rings. The number of morpholine rings is 1. The molecule has 3 heterocycles. The number of nitrogens with two attached hydrogens (primary N) is 1. The number of fused-ring (bicyclic) bond motifs is 1. The summed E-state index contributed by atoms with van der Waals surface area (Å²) >= 11 is 0. The number of rotatable bonds is 5. The minimum Gasteiger partial charge on any atom is -0.374 e. The summed E-state index contributed by atoms with van der Waals surface area (Å²) in [5.74, 6) is 6.84. The first-order chi connectivity index (χ1) is 9.81. The van der Waals surface area contributed by atoms with E-state index in [0.29, 0.717) is 6.04 Å². The SMILES string of the molecule is CCn1ccnc1CC(NN)C1CN2CCCC2CO1. The van der Waals surface area contributed by atoms with Gasteiger partial charge in [0.25, 0.3) is 0 Å². The van der Waals surface area contributed by atoms with Crippen LogP contribution >= 0.6 is 0 Å². The van der Waals surface area contributed by atoms with Crippen LogP contribution < -0.4 is 11.3 Å². The number of aromatic nitrogens is 2. The Hall–Kier alpha value is -0.950. The van der Waals surface area contributed by atoms with E-state index in [1.807, 2.05) is 12.4 Å². The highest BCUT2D eigenvalue weighted by Crippen LogP contribution is 2.24. The van der Waals surface area contributed by atoms with Gasteiger partial charge in [0.15, 0.2) is 0 Å². The van der Waals surface area contributed by atoms with Crippen molar-refractivity contribution in [3.63, 3.8) is 0 Å². The fourth-order valence-electron chi connectivity index (χ4n) is 3.40. The van der Waals surface area contributed by atoms with Crippen LogP contribution in [0.15, 0.2) is 12.4 Å². The second-order valence-corrected chi connectivity index (χ2v) is 5.77. The van der Waals surface area contributed by atoms with Crippen molar-refractivity contribution in [2.75, 3.05) is 19.7 Å². The van der Waals surface area contributed by atoms with Gasteiger partial charge < -0.3 is 9.30 Å². The molecule has 1 aromatic rings. The number of aryl methyl sites for hydroxylation is 1. The molecule has 3 unspecified atom stereocenters. The second-order valence-electron chi connectivity index (χ2n) is 5.77. The van der Waals surface area contributed by atoms with Gasteiger partial charge in [0, 0.05) is 37.9 Å². The first-order valence-electron chi connectivity index (χ1n) is 7.63. The average Bonchev–Trinajstić information content (AvgIpc) is 3.12. The molecular weight excluding hydrogens is 254 g/mol. The van der Waals surface area contributed by atoms with Crippen LogP contribution in [0.5, 0.6) is 0 Å². The van der Waals surface area contributed by atoms with E-state index in [9.17, 15) is 0 Å². The minimum absolute atomic E-state index is 0.115. The minimum atomic E-state index is 0.115. The van der Waals surface area contributed by atoms with Gasteiger partial charge in [-0.25, -0.2) is 4.98 Å². The molecule has 6 heteroatoms. The molecule has 3 rings (SSSR count). The zero-order valence-corrected chi connectivity index (χ0v) is 12.2. The Morgan fingerprint density at radius 2 is 2.50 bits per heavy atom. The smallest absolute Gasteiger partial charge is 0.110 e. The van der Waals surface area contributed by atoms with Crippen molar-refractivity contribution in [3.05, 3.63) is 18.2 Å². The second kappa shape index (κ2) is 6.22. The number of nitrogens with one attached hydrogen (secondary N) is 1. The Balaban J connectivity index is 1.64. The van der Waals surface area contributed by atoms with E-state index in [1.54, 1.807) is 0 Å². The average molecular weight is 279 g/mol. The Labute approximate surface area is 120 Å². The van der Waals surface area contributed by atoms with E-state index in [-0.39, 0.29) is 12.1 Å². The first kappa shape index (κ1) is 14.0. The van der Waals surface area contributed by atoms with Crippen LogP contribution in [0.2, 0.25) is 0 Å². The summed E-state index contributed by atoms with van der Waals surface area (Å²) in [6.07, 6.45) is 7.39. The van der Waals surface area contributed by atoms with Crippen LogP contribution in [0.4, 0.5) is 0 Å². The normalized spacial score (nSPS) is 28.5. The number of nitrogens with zero attached hydrogens (tertiary/aromatic N) is 3. The third kappa shape index (κ3) is 2.74. The Morgan fingerprint density at radius 1 is 1.60 bits per heavy atom. The molecule has 2 aliphatic heterocycles. The molecule has 1 aromatic heterocycles. The molecule has 0 amide bonds. The molecule has 0 saturated carbocycles. The molecule has 3 atom stereocenters. The summed E-state index contributed by atoms with van der Waals surface area (Å²) in [7, 11) is 0. The number of hydrogen-bond donors (Lipinski definition) is 2. The summed E-state index contributed by atoms with van der Waals surface area (Å²) in [6.45, 7) is 6.08. The molecule has 0 aromatic carbocycles. The summed E-state index contributed by atoms with van der Waals surface area (Å²) < 4.78 is 8.20. The predicted molar refractivity (Wildman–Crippen MR) is 77.1 cm³/mol. The Bertz CT molecular complexity index is 435.